The quantitative estimate of drug-likeness (QED) is 0.0851. The first kappa shape index (κ1) is 41.8. The molecule has 0 aliphatic heterocycles. The third kappa shape index (κ3) is 25.2. The summed E-state index contributed by atoms with van der Waals surface area (Å²) >= 11 is 0. The van der Waals surface area contributed by atoms with Gasteiger partial charge in [-0.3, -0.25) is 0 Å². The van der Waals surface area contributed by atoms with Gasteiger partial charge >= 0.3 is 0 Å². The average molecular weight is 607 g/mol. The van der Waals surface area contributed by atoms with E-state index in [0.29, 0.717) is 5.92 Å². The molecule has 250 valence electrons. The second-order valence-corrected chi connectivity index (χ2v) is 14.1. The molecule has 0 unspecified atom stereocenters. The minimum atomic E-state index is -0.0261. The fraction of sp³-hybridized carbons (Fsp3) is 0.619. The molecule has 0 fully saturated rings. The maximum atomic E-state index is 5.53. The molecule has 0 saturated heterocycles. The molecule has 0 amide bonds. The molecule has 2 heteroatoms. The molecule has 0 N–H and O–H groups in total. The molecule has 0 heterocycles. The highest BCUT2D eigenvalue weighted by Crippen LogP contribution is 2.20. The third-order valence-electron chi connectivity index (χ3n) is 8.43. The van der Waals surface area contributed by atoms with Gasteiger partial charge in [0.25, 0.3) is 0 Å². The Balaban J connectivity index is 4.35. The SMILES string of the molecule is COC(C)(C)CCC/C(C)=C/C=C/C(C)=C/C=C/[C@H](C)C/C=C/C=C(\C)CC/C=C(\C)CC/C=C(\C)CCCC(C)(C)OC. The van der Waals surface area contributed by atoms with Crippen molar-refractivity contribution < 1.29 is 9.47 Å². The summed E-state index contributed by atoms with van der Waals surface area (Å²) in [6.07, 6.45) is 37.3. The summed E-state index contributed by atoms with van der Waals surface area (Å²) in [6, 6.07) is 0. The van der Waals surface area contributed by atoms with Crippen LogP contribution in [0.1, 0.15) is 140 Å². The number of rotatable bonds is 23. The second kappa shape index (κ2) is 24.1. The first-order valence-corrected chi connectivity index (χ1v) is 17.1. The first-order chi connectivity index (χ1) is 20.7. The number of allylic oxidation sites excluding steroid dienone is 16. The molecule has 0 bridgehead atoms. The van der Waals surface area contributed by atoms with E-state index in [9.17, 15) is 0 Å². The third-order valence-corrected chi connectivity index (χ3v) is 8.43. The molecule has 2 nitrogen and oxygen atoms in total. The van der Waals surface area contributed by atoms with Gasteiger partial charge in [-0.2, -0.15) is 0 Å². The van der Waals surface area contributed by atoms with Crippen molar-refractivity contribution in [2.24, 2.45) is 5.92 Å². The monoisotopic (exact) mass is 607 g/mol. The summed E-state index contributed by atoms with van der Waals surface area (Å²) in [5.74, 6) is 0.520. The Morgan fingerprint density at radius 1 is 0.614 bits per heavy atom. The number of hydrogen-bond acceptors (Lipinski definition) is 2. The van der Waals surface area contributed by atoms with E-state index >= 15 is 0 Å². The predicted molar refractivity (Wildman–Crippen MR) is 198 cm³/mol. The van der Waals surface area contributed by atoms with E-state index in [-0.39, 0.29) is 11.2 Å². The molecule has 0 aromatic rings. The lowest BCUT2D eigenvalue weighted by Gasteiger charge is -2.22. The van der Waals surface area contributed by atoms with Crippen molar-refractivity contribution in [2.75, 3.05) is 14.2 Å². The van der Waals surface area contributed by atoms with Crippen molar-refractivity contribution in [1.29, 1.82) is 0 Å². The van der Waals surface area contributed by atoms with E-state index in [2.05, 4.69) is 136 Å². The van der Waals surface area contributed by atoms with Gasteiger partial charge in [-0.25, -0.2) is 0 Å². The standard InChI is InChI=1S/C42H70O2/c1-35(23-15-25-37(3)27-17-29-39(5)31-19-33-41(7,8)43-11)21-13-14-22-36(2)24-16-26-38(4)28-18-30-40(6)32-20-34-42(9,10)44-12/h13-15,17,22-23,25-27,29-30,35H,16,18-21,24,28,31-34H2,1-12H3/b14-13+,23-15+,27-17+,36-22+,37-25+,38-26+,39-29+,40-30+/t35-/m1/s1. The molecule has 0 spiro atoms. The second-order valence-electron chi connectivity index (χ2n) is 14.1. The van der Waals surface area contributed by atoms with Crippen LogP contribution in [0.25, 0.3) is 0 Å². The lowest BCUT2D eigenvalue weighted by Crippen LogP contribution is -2.21. The van der Waals surface area contributed by atoms with Crippen molar-refractivity contribution in [2.45, 2.75) is 151 Å². The molecular weight excluding hydrogens is 536 g/mol. The molecule has 0 aliphatic rings. The van der Waals surface area contributed by atoms with Gasteiger partial charge in [0.05, 0.1) is 11.2 Å². The predicted octanol–water partition coefficient (Wildman–Crippen LogP) is 13.2. The zero-order chi connectivity index (χ0) is 33.4. The Bertz CT molecular complexity index is 1020. The Kier molecular flexibility index (Phi) is 22.9. The number of ether oxygens (including phenoxy) is 2. The van der Waals surface area contributed by atoms with Crippen LogP contribution in [0, 0.1) is 5.92 Å². The van der Waals surface area contributed by atoms with E-state index in [1.165, 1.54) is 40.7 Å². The fourth-order valence-corrected chi connectivity index (χ4v) is 4.67. The van der Waals surface area contributed by atoms with Gasteiger partial charge in [0.15, 0.2) is 0 Å². The van der Waals surface area contributed by atoms with Gasteiger partial charge in [-0.1, -0.05) is 102 Å². The lowest BCUT2D eigenvalue weighted by molar-refractivity contribution is 0.0137. The van der Waals surface area contributed by atoms with Crippen LogP contribution in [0.15, 0.2) is 94.7 Å². The van der Waals surface area contributed by atoms with E-state index in [0.717, 1.165) is 57.8 Å². The smallest absolute Gasteiger partial charge is 0.0622 e. The van der Waals surface area contributed by atoms with Crippen LogP contribution >= 0.6 is 0 Å². The van der Waals surface area contributed by atoms with Gasteiger partial charge in [0.2, 0.25) is 0 Å². The zero-order valence-electron chi connectivity index (χ0n) is 31.0. The molecule has 0 saturated carbocycles. The Morgan fingerprint density at radius 2 is 1.09 bits per heavy atom. The van der Waals surface area contributed by atoms with Crippen molar-refractivity contribution >= 4 is 0 Å². The van der Waals surface area contributed by atoms with E-state index < -0.39 is 0 Å². The topological polar surface area (TPSA) is 18.5 Å². The summed E-state index contributed by atoms with van der Waals surface area (Å²) in [4.78, 5) is 0. The van der Waals surface area contributed by atoms with Crippen LogP contribution in [0.2, 0.25) is 0 Å². The molecule has 0 aromatic heterocycles. The van der Waals surface area contributed by atoms with Crippen LogP contribution in [0.5, 0.6) is 0 Å². The van der Waals surface area contributed by atoms with E-state index in [1.54, 1.807) is 14.2 Å². The minimum Gasteiger partial charge on any atom is -0.379 e. The highest BCUT2D eigenvalue weighted by molar-refractivity contribution is 5.25. The Hall–Kier alpha value is -2.16. The highest BCUT2D eigenvalue weighted by Gasteiger charge is 2.15. The molecule has 0 rings (SSSR count). The molecule has 0 radical (unpaired) electrons. The van der Waals surface area contributed by atoms with Crippen molar-refractivity contribution in [3.8, 4) is 0 Å². The summed E-state index contributed by atoms with van der Waals surface area (Å²) in [6.45, 7) is 22.1. The van der Waals surface area contributed by atoms with Gasteiger partial charge in [-0.05, 0) is 139 Å². The summed E-state index contributed by atoms with van der Waals surface area (Å²) < 4.78 is 11.0. The Morgan fingerprint density at radius 3 is 1.66 bits per heavy atom. The molecular formula is C42H70O2. The van der Waals surface area contributed by atoms with Crippen molar-refractivity contribution in [3.63, 3.8) is 0 Å². The van der Waals surface area contributed by atoms with Crippen LogP contribution < -0.4 is 0 Å². The minimum absolute atomic E-state index is 0.00670. The van der Waals surface area contributed by atoms with Gasteiger partial charge in [-0.15, -0.1) is 0 Å². The van der Waals surface area contributed by atoms with E-state index in [4.69, 9.17) is 9.47 Å². The maximum absolute atomic E-state index is 5.53. The lowest BCUT2D eigenvalue weighted by atomic mass is 9.98. The van der Waals surface area contributed by atoms with Crippen LogP contribution in [0.3, 0.4) is 0 Å². The summed E-state index contributed by atoms with van der Waals surface area (Å²) in [5.41, 5.74) is 7.10. The van der Waals surface area contributed by atoms with Crippen molar-refractivity contribution in [3.05, 3.63) is 94.7 Å². The fourth-order valence-electron chi connectivity index (χ4n) is 4.67. The van der Waals surface area contributed by atoms with Gasteiger partial charge in [0.1, 0.15) is 0 Å². The zero-order valence-corrected chi connectivity index (χ0v) is 31.0. The maximum Gasteiger partial charge on any atom is 0.0622 e. The normalized spacial score (nSPS) is 15.9. The molecule has 44 heavy (non-hydrogen) atoms. The van der Waals surface area contributed by atoms with Gasteiger partial charge in [0, 0.05) is 14.2 Å². The van der Waals surface area contributed by atoms with Crippen molar-refractivity contribution in [1.82, 2.24) is 0 Å². The van der Waals surface area contributed by atoms with Crippen LogP contribution in [-0.2, 0) is 9.47 Å². The van der Waals surface area contributed by atoms with Crippen LogP contribution in [0.4, 0.5) is 0 Å². The number of methoxy groups -OCH3 is 2. The average Bonchev–Trinajstić information content (AvgIpc) is 2.95. The largest absolute Gasteiger partial charge is 0.379 e. The van der Waals surface area contributed by atoms with Crippen LogP contribution in [-0.4, -0.2) is 25.4 Å². The Labute approximate surface area is 274 Å². The number of hydrogen-bond donors (Lipinski definition) is 0. The first-order valence-electron chi connectivity index (χ1n) is 17.1. The van der Waals surface area contributed by atoms with Gasteiger partial charge < -0.3 is 9.47 Å². The van der Waals surface area contributed by atoms with E-state index in [1.807, 2.05) is 0 Å². The molecule has 1 atom stereocenters. The molecule has 0 aliphatic carbocycles. The summed E-state index contributed by atoms with van der Waals surface area (Å²) in [7, 11) is 3.60. The highest BCUT2D eigenvalue weighted by atomic mass is 16.5. The summed E-state index contributed by atoms with van der Waals surface area (Å²) in [5, 5.41) is 0. The molecule has 0 aromatic carbocycles.